The topological polar surface area (TPSA) is 0 Å². The molecule has 18 heavy (non-hydrogen) atoms. The van der Waals surface area contributed by atoms with Crippen LogP contribution in [0.2, 0.25) is 39.3 Å². The van der Waals surface area contributed by atoms with E-state index in [2.05, 4.69) is 62.2 Å². The third kappa shape index (κ3) is 2.71. The predicted octanol–water partition coefficient (Wildman–Crippen LogP) is 4.57. The van der Waals surface area contributed by atoms with Gasteiger partial charge in [0, 0.05) is 9.75 Å². The summed E-state index contributed by atoms with van der Waals surface area (Å²) in [5.41, 5.74) is 0. The summed E-state index contributed by atoms with van der Waals surface area (Å²) < 4.78 is 0. The summed E-state index contributed by atoms with van der Waals surface area (Å²) in [5, 5.41) is 7.82. The Bertz CT molecular complexity index is 488. The van der Waals surface area contributed by atoms with Gasteiger partial charge in [-0.2, -0.15) is 0 Å². The highest BCUT2D eigenvalue weighted by Crippen LogP contribution is 2.30. The largest absolute Gasteiger partial charge is 0.143 e. The molecule has 98 valence electrons. The predicted molar refractivity (Wildman–Crippen MR) is 93.6 cm³/mol. The van der Waals surface area contributed by atoms with E-state index in [0.29, 0.717) is 0 Å². The van der Waals surface area contributed by atoms with Crippen molar-refractivity contribution in [1.82, 2.24) is 0 Å². The molecule has 2 rings (SSSR count). The van der Waals surface area contributed by atoms with Crippen molar-refractivity contribution in [2.75, 3.05) is 0 Å². The van der Waals surface area contributed by atoms with Crippen LogP contribution in [0.25, 0.3) is 9.75 Å². The molecule has 2 heterocycles. The summed E-state index contributed by atoms with van der Waals surface area (Å²) in [5.74, 6) is 0. The number of hydrogen-bond acceptors (Lipinski definition) is 2. The average Bonchev–Trinajstić information content (AvgIpc) is 2.83. The van der Waals surface area contributed by atoms with E-state index in [0.717, 1.165) is 0 Å². The normalized spacial score (nSPS) is 13.0. The van der Waals surface area contributed by atoms with Crippen molar-refractivity contribution in [3.8, 4) is 9.75 Å². The molecule has 0 unspecified atom stereocenters. The van der Waals surface area contributed by atoms with Gasteiger partial charge in [0.15, 0.2) is 0 Å². The molecule has 0 bridgehead atoms. The minimum Gasteiger partial charge on any atom is -0.143 e. The lowest BCUT2D eigenvalue weighted by Crippen LogP contribution is -2.40. The molecule has 0 radical (unpaired) electrons. The second-order valence-electron chi connectivity index (χ2n) is 6.83. The van der Waals surface area contributed by atoms with Crippen molar-refractivity contribution in [2.45, 2.75) is 39.3 Å². The number of thiophene rings is 2. The molecular formula is C14H22S2Si2. The highest BCUT2D eigenvalue weighted by atomic mass is 32.1. The maximum atomic E-state index is 2.44. The second kappa shape index (κ2) is 4.74. The van der Waals surface area contributed by atoms with Crippen molar-refractivity contribution in [2.24, 2.45) is 0 Å². The first kappa shape index (κ1) is 14.2. The zero-order valence-electron chi connectivity index (χ0n) is 12.1. The van der Waals surface area contributed by atoms with Crippen molar-refractivity contribution in [1.29, 1.82) is 0 Å². The second-order valence-corrected chi connectivity index (χ2v) is 18.7. The maximum Gasteiger partial charge on any atom is 0.0795 e. The fourth-order valence-corrected chi connectivity index (χ4v) is 9.34. The number of hydrogen-bond donors (Lipinski definition) is 0. The van der Waals surface area contributed by atoms with Crippen LogP contribution >= 0.6 is 22.7 Å². The lowest BCUT2D eigenvalue weighted by Gasteiger charge is -2.20. The van der Waals surface area contributed by atoms with Crippen LogP contribution < -0.4 is 10.4 Å². The van der Waals surface area contributed by atoms with Crippen LogP contribution in [0.4, 0.5) is 0 Å². The molecule has 0 aliphatic rings. The molecule has 0 N–H and O–H groups in total. The van der Waals surface area contributed by atoms with Crippen LogP contribution in [0.1, 0.15) is 0 Å². The zero-order valence-corrected chi connectivity index (χ0v) is 15.8. The molecule has 4 heteroatoms. The summed E-state index contributed by atoms with van der Waals surface area (Å²) >= 11 is 3.86. The van der Waals surface area contributed by atoms with Gasteiger partial charge in [0.1, 0.15) is 0 Å². The van der Waals surface area contributed by atoms with E-state index in [1.807, 2.05) is 22.7 Å². The van der Waals surface area contributed by atoms with E-state index in [4.69, 9.17) is 0 Å². The molecule has 0 aliphatic heterocycles. The van der Waals surface area contributed by atoms with Gasteiger partial charge in [-0.05, 0) is 21.1 Å². The summed E-state index contributed by atoms with van der Waals surface area (Å²) in [6.07, 6.45) is 0. The van der Waals surface area contributed by atoms with Crippen LogP contribution in [0.3, 0.4) is 0 Å². The molecule has 0 fully saturated rings. The van der Waals surface area contributed by atoms with Gasteiger partial charge in [-0.3, -0.25) is 0 Å². The third-order valence-electron chi connectivity index (χ3n) is 3.15. The molecule has 0 amide bonds. The molecule has 0 aliphatic carbocycles. The van der Waals surface area contributed by atoms with Gasteiger partial charge in [-0.15, -0.1) is 22.7 Å². The molecule has 0 aromatic carbocycles. The van der Waals surface area contributed by atoms with E-state index >= 15 is 0 Å². The Morgan fingerprint density at radius 3 is 1.28 bits per heavy atom. The molecule has 0 saturated heterocycles. The first-order chi connectivity index (χ1) is 8.21. The average molecular weight is 311 g/mol. The lowest BCUT2D eigenvalue weighted by molar-refractivity contribution is 1.74. The minimum atomic E-state index is -1.23. The maximum absolute atomic E-state index is 2.44. The van der Waals surface area contributed by atoms with Crippen LogP contribution in [0, 0.1) is 0 Å². The summed E-state index contributed by atoms with van der Waals surface area (Å²) in [6.45, 7) is 14.7. The Morgan fingerprint density at radius 1 is 0.667 bits per heavy atom. The molecule has 0 spiro atoms. The fraction of sp³-hybridized carbons (Fsp3) is 0.429. The van der Waals surface area contributed by atoms with Crippen molar-refractivity contribution in [3.63, 3.8) is 0 Å². The molecular weight excluding hydrogens is 288 g/mol. The monoisotopic (exact) mass is 310 g/mol. The van der Waals surface area contributed by atoms with E-state index in [1.165, 1.54) is 0 Å². The van der Waals surface area contributed by atoms with Crippen LogP contribution in [-0.2, 0) is 0 Å². The standard InChI is InChI=1S/C14H22S2Si2/c1-17(2,3)11-7-9-15-13(11)14-12(8-10-16-14)18(4,5)6/h7-10H,1-6H3. The zero-order chi connectivity index (χ0) is 13.6. The molecule has 2 aromatic heterocycles. The highest BCUT2D eigenvalue weighted by molar-refractivity contribution is 7.23. The van der Waals surface area contributed by atoms with Crippen LogP contribution in [0.15, 0.2) is 22.9 Å². The summed E-state index contributed by atoms with van der Waals surface area (Å²) in [6, 6.07) is 4.72. The Balaban J connectivity index is 2.58. The van der Waals surface area contributed by atoms with Gasteiger partial charge >= 0.3 is 0 Å². The van der Waals surface area contributed by atoms with Crippen molar-refractivity contribution >= 4 is 49.2 Å². The van der Waals surface area contributed by atoms with Gasteiger partial charge in [-0.1, -0.05) is 51.4 Å². The van der Waals surface area contributed by atoms with E-state index < -0.39 is 16.1 Å². The smallest absolute Gasteiger partial charge is 0.0795 e. The van der Waals surface area contributed by atoms with Gasteiger partial charge in [-0.25, -0.2) is 0 Å². The van der Waals surface area contributed by atoms with Gasteiger partial charge in [0.25, 0.3) is 0 Å². The first-order valence-electron chi connectivity index (χ1n) is 6.37. The summed E-state index contributed by atoms with van der Waals surface area (Å²) in [4.78, 5) is 3.11. The van der Waals surface area contributed by atoms with Gasteiger partial charge in [0.05, 0.1) is 16.1 Å². The van der Waals surface area contributed by atoms with E-state index in [-0.39, 0.29) is 0 Å². The van der Waals surface area contributed by atoms with Gasteiger partial charge in [0.2, 0.25) is 0 Å². The Hall–Kier alpha value is -0.166. The Morgan fingerprint density at radius 2 is 1.00 bits per heavy atom. The molecule has 0 nitrogen and oxygen atoms in total. The van der Waals surface area contributed by atoms with E-state index in [9.17, 15) is 0 Å². The summed E-state index contributed by atoms with van der Waals surface area (Å²) in [7, 11) is -2.46. The SMILES string of the molecule is C[Si](C)(C)c1ccsc1-c1sccc1[Si](C)(C)C. The molecule has 2 aromatic rings. The highest BCUT2D eigenvalue weighted by Gasteiger charge is 2.27. The quantitative estimate of drug-likeness (QED) is 0.729. The fourth-order valence-electron chi connectivity index (χ4n) is 2.15. The lowest BCUT2D eigenvalue weighted by atomic mass is 10.4. The van der Waals surface area contributed by atoms with Crippen LogP contribution in [0.5, 0.6) is 0 Å². The Labute approximate surface area is 121 Å². The number of rotatable bonds is 3. The minimum absolute atomic E-state index is 1.23. The Kier molecular flexibility index (Phi) is 3.75. The van der Waals surface area contributed by atoms with Crippen molar-refractivity contribution in [3.05, 3.63) is 22.9 Å². The molecule has 0 saturated carbocycles. The van der Waals surface area contributed by atoms with E-state index in [1.54, 1.807) is 20.1 Å². The first-order valence-corrected chi connectivity index (χ1v) is 15.1. The van der Waals surface area contributed by atoms with Gasteiger partial charge < -0.3 is 0 Å². The molecule has 0 atom stereocenters. The van der Waals surface area contributed by atoms with Crippen molar-refractivity contribution < 1.29 is 0 Å². The van der Waals surface area contributed by atoms with Crippen LogP contribution in [-0.4, -0.2) is 16.1 Å². The third-order valence-corrected chi connectivity index (χ3v) is 9.57.